The third kappa shape index (κ3) is 5.51. The zero-order valence-electron chi connectivity index (χ0n) is 16.8. The van der Waals surface area contributed by atoms with Crippen LogP contribution < -0.4 is 10.2 Å². The van der Waals surface area contributed by atoms with Crippen molar-refractivity contribution in [2.75, 3.05) is 29.1 Å². The summed E-state index contributed by atoms with van der Waals surface area (Å²) in [6, 6.07) is 8.36. The van der Waals surface area contributed by atoms with Crippen LogP contribution in [0.3, 0.4) is 0 Å². The molecule has 0 radical (unpaired) electrons. The van der Waals surface area contributed by atoms with E-state index in [1.807, 2.05) is 24.3 Å². The number of ether oxygens (including phenoxy) is 1. The van der Waals surface area contributed by atoms with Crippen LogP contribution in [0.1, 0.15) is 44.1 Å². The minimum absolute atomic E-state index is 0.113. The number of anilines is 2. The van der Waals surface area contributed by atoms with Gasteiger partial charge in [0, 0.05) is 18.3 Å². The van der Waals surface area contributed by atoms with E-state index in [4.69, 9.17) is 4.74 Å². The largest absolute Gasteiger partial charge is 0.455 e. The van der Waals surface area contributed by atoms with E-state index in [1.54, 1.807) is 4.90 Å². The number of benzene rings is 1. The molecule has 0 unspecified atom stereocenters. The molecule has 4 rings (SSSR count). The molecule has 160 valence electrons. The molecule has 0 bridgehead atoms. The molecule has 1 aromatic carbocycles. The zero-order valence-corrected chi connectivity index (χ0v) is 18.5. The number of rotatable bonds is 7. The average Bonchev–Trinajstić information content (AvgIpc) is 3.23. The topological polar surface area (TPSA) is 84.4 Å². The van der Waals surface area contributed by atoms with Crippen molar-refractivity contribution in [1.82, 2.24) is 10.2 Å². The van der Waals surface area contributed by atoms with Gasteiger partial charge in [0.25, 0.3) is 5.91 Å². The highest BCUT2D eigenvalue weighted by molar-refractivity contribution is 8.01. The lowest BCUT2D eigenvalue weighted by Crippen LogP contribution is -2.38. The molecule has 1 aromatic heterocycles. The number of aromatic nitrogens is 2. The van der Waals surface area contributed by atoms with E-state index in [1.165, 1.54) is 55.2 Å². The molecule has 0 spiro atoms. The first-order valence-corrected chi connectivity index (χ1v) is 12.3. The lowest BCUT2D eigenvalue weighted by atomic mass is 9.96. The summed E-state index contributed by atoms with van der Waals surface area (Å²) in [5.74, 6) is -0.493. The molecule has 1 N–H and O–H groups in total. The summed E-state index contributed by atoms with van der Waals surface area (Å²) >= 11 is 2.75. The van der Waals surface area contributed by atoms with Gasteiger partial charge in [0.05, 0.1) is 5.75 Å². The Morgan fingerprint density at radius 3 is 2.87 bits per heavy atom. The number of aryl methyl sites for hydroxylation is 1. The van der Waals surface area contributed by atoms with Crippen molar-refractivity contribution >= 4 is 45.8 Å². The molecule has 2 aromatic rings. The van der Waals surface area contributed by atoms with Crippen LogP contribution in [-0.2, 0) is 20.7 Å². The first-order chi connectivity index (χ1) is 14.7. The molecule has 0 atom stereocenters. The average molecular weight is 447 g/mol. The maximum atomic E-state index is 12.5. The van der Waals surface area contributed by atoms with Gasteiger partial charge in [-0.1, -0.05) is 60.6 Å². The molecule has 1 saturated carbocycles. The molecule has 1 amide bonds. The number of hydrogen-bond donors (Lipinski definition) is 1. The van der Waals surface area contributed by atoms with Gasteiger partial charge in [0.15, 0.2) is 10.9 Å². The maximum Gasteiger partial charge on any atom is 0.316 e. The Kier molecular flexibility index (Phi) is 7.22. The summed E-state index contributed by atoms with van der Waals surface area (Å²) in [6.45, 7) is 0.419. The number of para-hydroxylation sites is 1. The number of carbonyl (C=O) groups is 2. The third-order valence-electron chi connectivity index (χ3n) is 5.42. The van der Waals surface area contributed by atoms with Gasteiger partial charge in [-0.3, -0.25) is 9.59 Å². The molecular weight excluding hydrogens is 420 g/mol. The standard InChI is InChI=1S/C21H26N4O3S2/c26-18(25-12-6-8-15-7-4-5-11-17(15)25)13-28-19(27)14-29-21-24-23-20(30-21)22-16-9-2-1-3-10-16/h4-5,7,11,16H,1-3,6,8-10,12-14H2,(H,22,23). The number of amides is 1. The summed E-state index contributed by atoms with van der Waals surface area (Å²) in [6.07, 6.45) is 8.05. The fourth-order valence-electron chi connectivity index (χ4n) is 3.92. The van der Waals surface area contributed by atoms with Gasteiger partial charge in [-0.25, -0.2) is 0 Å². The molecule has 2 aliphatic rings. The highest BCUT2D eigenvalue weighted by atomic mass is 32.2. The van der Waals surface area contributed by atoms with Gasteiger partial charge in [-0.15, -0.1) is 10.2 Å². The Bertz CT molecular complexity index is 883. The van der Waals surface area contributed by atoms with E-state index in [9.17, 15) is 9.59 Å². The smallest absolute Gasteiger partial charge is 0.316 e. The van der Waals surface area contributed by atoms with Gasteiger partial charge in [0.2, 0.25) is 5.13 Å². The summed E-state index contributed by atoms with van der Waals surface area (Å²) in [4.78, 5) is 26.4. The van der Waals surface area contributed by atoms with Crippen LogP contribution in [-0.4, -0.2) is 47.0 Å². The minimum Gasteiger partial charge on any atom is -0.455 e. The van der Waals surface area contributed by atoms with Crippen LogP contribution in [0.25, 0.3) is 0 Å². The SMILES string of the molecule is O=C(CSc1nnc(NC2CCCCC2)s1)OCC(=O)N1CCCc2ccccc21. The second-order valence-corrected chi connectivity index (χ2v) is 9.78. The van der Waals surface area contributed by atoms with E-state index in [0.29, 0.717) is 12.6 Å². The van der Waals surface area contributed by atoms with Crippen LogP contribution in [0.2, 0.25) is 0 Å². The van der Waals surface area contributed by atoms with Crippen LogP contribution in [0.5, 0.6) is 0 Å². The fourth-order valence-corrected chi connectivity index (χ4v) is 5.55. The number of carbonyl (C=O) groups excluding carboxylic acids is 2. The van der Waals surface area contributed by atoms with Crippen molar-refractivity contribution in [3.63, 3.8) is 0 Å². The van der Waals surface area contributed by atoms with Gasteiger partial charge >= 0.3 is 5.97 Å². The minimum atomic E-state index is -0.421. The summed E-state index contributed by atoms with van der Waals surface area (Å²) < 4.78 is 5.94. The summed E-state index contributed by atoms with van der Waals surface area (Å²) in [5, 5.41) is 12.5. The quantitative estimate of drug-likeness (QED) is 0.510. The Labute approximate surface area is 184 Å². The molecular formula is C21H26N4O3S2. The molecule has 1 aliphatic carbocycles. The Balaban J connectivity index is 1.21. The first-order valence-electron chi connectivity index (χ1n) is 10.5. The number of fused-ring (bicyclic) bond motifs is 1. The Morgan fingerprint density at radius 1 is 1.17 bits per heavy atom. The lowest BCUT2D eigenvalue weighted by molar-refractivity contribution is -0.145. The molecule has 30 heavy (non-hydrogen) atoms. The van der Waals surface area contributed by atoms with Crippen molar-refractivity contribution in [1.29, 1.82) is 0 Å². The molecule has 1 fully saturated rings. The van der Waals surface area contributed by atoms with Crippen LogP contribution in [0.4, 0.5) is 10.8 Å². The second kappa shape index (κ2) is 10.3. The number of thioether (sulfide) groups is 1. The Morgan fingerprint density at radius 2 is 2.00 bits per heavy atom. The van der Waals surface area contributed by atoms with E-state index < -0.39 is 5.97 Å². The summed E-state index contributed by atoms with van der Waals surface area (Å²) in [5.41, 5.74) is 2.08. The third-order valence-corrected chi connectivity index (χ3v) is 7.38. The highest BCUT2D eigenvalue weighted by Crippen LogP contribution is 2.29. The Hall–Kier alpha value is -2.13. The number of esters is 1. The first kappa shape index (κ1) is 21.1. The van der Waals surface area contributed by atoms with Gasteiger partial charge in [-0.05, 0) is 37.3 Å². The van der Waals surface area contributed by atoms with Crippen LogP contribution >= 0.6 is 23.1 Å². The van der Waals surface area contributed by atoms with E-state index >= 15 is 0 Å². The highest BCUT2D eigenvalue weighted by Gasteiger charge is 2.23. The van der Waals surface area contributed by atoms with Crippen molar-refractivity contribution in [3.8, 4) is 0 Å². The van der Waals surface area contributed by atoms with Crippen LogP contribution in [0, 0.1) is 0 Å². The molecule has 0 saturated heterocycles. The predicted octanol–water partition coefficient (Wildman–Crippen LogP) is 3.90. The monoisotopic (exact) mass is 446 g/mol. The molecule has 7 nitrogen and oxygen atoms in total. The van der Waals surface area contributed by atoms with Crippen molar-refractivity contribution in [2.45, 2.75) is 55.3 Å². The number of hydrogen-bond acceptors (Lipinski definition) is 8. The van der Waals surface area contributed by atoms with E-state index in [2.05, 4.69) is 15.5 Å². The molecule has 1 aliphatic heterocycles. The van der Waals surface area contributed by atoms with E-state index in [0.717, 1.165) is 33.6 Å². The maximum absolute atomic E-state index is 12.5. The molecule has 9 heteroatoms. The van der Waals surface area contributed by atoms with Gasteiger partial charge in [-0.2, -0.15) is 0 Å². The van der Waals surface area contributed by atoms with Crippen LogP contribution in [0.15, 0.2) is 28.6 Å². The molecule has 2 heterocycles. The van der Waals surface area contributed by atoms with Crippen molar-refractivity contribution in [2.24, 2.45) is 0 Å². The normalized spacial score (nSPS) is 16.7. The number of nitrogens with zero attached hydrogens (tertiary/aromatic N) is 3. The van der Waals surface area contributed by atoms with Gasteiger partial charge < -0.3 is 15.0 Å². The lowest BCUT2D eigenvalue weighted by Gasteiger charge is -2.29. The van der Waals surface area contributed by atoms with E-state index in [-0.39, 0.29) is 18.3 Å². The summed E-state index contributed by atoms with van der Waals surface area (Å²) in [7, 11) is 0. The zero-order chi connectivity index (χ0) is 20.8. The fraction of sp³-hybridized carbons (Fsp3) is 0.524. The van der Waals surface area contributed by atoms with Crippen molar-refractivity contribution < 1.29 is 14.3 Å². The van der Waals surface area contributed by atoms with Crippen molar-refractivity contribution in [3.05, 3.63) is 29.8 Å². The van der Waals surface area contributed by atoms with Gasteiger partial charge in [0.1, 0.15) is 0 Å². The predicted molar refractivity (Wildman–Crippen MR) is 119 cm³/mol. The second-order valence-electron chi connectivity index (χ2n) is 7.58. The number of nitrogens with one attached hydrogen (secondary N) is 1.